The van der Waals surface area contributed by atoms with E-state index in [4.69, 9.17) is 0 Å². The van der Waals surface area contributed by atoms with Crippen molar-refractivity contribution in [2.24, 2.45) is 0 Å². The molecule has 5 rings (SSSR count). The Morgan fingerprint density at radius 2 is 0.610 bits per heavy atom. The monoisotopic (exact) mass is 564 g/mol. The Kier molecular flexibility index (Phi) is 11.1. The molecule has 41 heavy (non-hydrogen) atoms. The van der Waals surface area contributed by atoms with Gasteiger partial charge in [0.2, 0.25) is 0 Å². The van der Waals surface area contributed by atoms with Crippen molar-refractivity contribution in [3.8, 4) is 0 Å². The van der Waals surface area contributed by atoms with Crippen LogP contribution in [0.5, 0.6) is 0 Å². The Morgan fingerprint density at radius 1 is 0.317 bits per heavy atom. The molecule has 0 heterocycles. The summed E-state index contributed by atoms with van der Waals surface area (Å²) in [6.07, 6.45) is 29.4. The van der Waals surface area contributed by atoms with Crippen LogP contribution in [0.25, 0.3) is 0 Å². The molecule has 0 aromatic heterocycles. The van der Waals surface area contributed by atoms with Gasteiger partial charge in [-0.25, -0.2) is 0 Å². The first-order valence-corrected chi connectivity index (χ1v) is 19.2. The van der Waals surface area contributed by atoms with Crippen molar-refractivity contribution in [2.75, 3.05) is 0 Å². The van der Waals surface area contributed by atoms with Crippen LogP contribution in [0.15, 0.2) is 114 Å². The molecular weight excluding hydrogens is 511 g/mol. The first kappa shape index (κ1) is 30.0. The summed E-state index contributed by atoms with van der Waals surface area (Å²) in [6.45, 7) is -3.22. The summed E-state index contributed by atoms with van der Waals surface area (Å²) in [7, 11) is 0. The average molecular weight is 565 g/mol. The quantitative estimate of drug-likeness (QED) is 0.270. The van der Waals surface area contributed by atoms with Crippen molar-refractivity contribution in [1.29, 1.82) is 0 Å². The number of hydrogen-bond acceptors (Lipinski definition) is 0. The molecule has 0 unspecified atom stereocenters. The van der Waals surface area contributed by atoms with Gasteiger partial charge in [0.25, 0.3) is 0 Å². The van der Waals surface area contributed by atoms with Crippen LogP contribution in [0.4, 0.5) is 0 Å². The number of rotatable bonds is 5. The fourth-order valence-corrected chi connectivity index (χ4v) is 15.8. The third-order valence-electron chi connectivity index (χ3n) is 10.0. The molecule has 1 heteroatoms. The van der Waals surface area contributed by atoms with E-state index >= 15 is 0 Å². The molecule has 218 valence electrons. The van der Waals surface area contributed by atoms with E-state index in [2.05, 4.69) is 103 Å². The molecule has 0 bridgehead atoms. The first-order valence-electron chi connectivity index (χ1n) is 17.0. The summed E-state index contributed by atoms with van der Waals surface area (Å²) in [4.78, 5) is 0. The van der Waals surface area contributed by atoms with E-state index in [1.807, 2.05) is 0 Å². The first-order chi connectivity index (χ1) is 20.4. The predicted octanol–water partition coefficient (Wildman–Crippen LogP) is 11.3. The van der Waals surface area contributed by atoms with E-state index in [9.17, 15) is 0 Å². The molecule has 0 radical (unpaired) electrons. The number of allylic oxidation sites excluding steroid dienone is 4. The van der Waals surface area contributed by atoms with Gasteiger partial charge < -0.3 is 0 Å². The molecule has 0 atom stereocenters. The Balaban J connectivity index is 1.91. The van der Waals surface area contributed by atoms with Gasteiger partial charge in [-0.2, -0.15) is 0 Å². The summed E-state index contributed by atoms with van der Waals surface area (Å²) >= 11 is 0. The van der Waals surface area contributed by atoms with Crippen molar-refractivity contribution in [3.63, 3.8) is 0 Å². The van der Waals surface area contributed by atoms with E-state index in [1.54, 1.807) is 26.5 Å². The van der Waals surface area contributed by atoms with Gasteiger partial charge in [-0.15, -0.1) is 0 Å². The molecule has 2 aliphatic rings. The van der Waals surface area contributed by atoms with Gasteiger partial charge in [-0.3, -0.25) is 0 Å². The van der Waals surface area contributed by atoms with Crippen molar-refractivity contribution in [1.82, 2.24) is 0 Å². The summed E-state index contributed by atoms with van der Waals surface area (Å²) in [5, 5.41) is 8.17. The zero-order valence-electron chi connectivity index (χ0n) is 25.5. The third kappa shape index (κ3) is 6.20. The van der Waals surface area contributed by atoms with Crippen molar-refractivity contribution in [3.05, 3.63) is 114 Å². The molecule has 2 aliphatic carbocycles. The molecule has 3 aromatic rings. The predicted molar refractivity (Wildman–Crippen MR) is 184 cm³/mol. The molecule has 0 fully saturated rings. The van der Waals surface area contributed by atoms with Gasteiger partial charge in [0.05, 0.1) is 0 Å². The van der Waals surface area contributed by atoms with E-state index in [-0.39, 0.29) is 0 Å². The van der Waals surface area contributed by atoms with E-state index in [0.717, 1.165) is 0 Å². The average Bonchev–Trinajstić information content (AvgIpc) is 3.15. The molecule has 0 saturated heterocycles. The summed E-state index contributed by atoms with van der Waals surface area (Å²) in [5.74, 6) is 0. The molecule has 0 saturated carbocycles. The molecule has 0 N–H and O–H groups in total. The summed E-state index contributed by atoms with van der Waals surface area (Å²) in [5.41, 5.74) is 0. The fraction of sp³-hybridized carbons (Fsp3) is 0.450. The van der Waals surface area contributed by atoms with Crippen LogP contribution in [-0.2, 0) is 0 Å². The second-order valence-corrected chi connectivity index (χ2v) is 17.5. The van der Waals surface area contributed by atoms with Crippen LogP contribution < -0.4 is 15.9 Å². The van der Waals surface area contributed by atoms with E-state index in [0.29, 0.717) is 0 Å². The van der Waals surface area contributed by atoms with Gasteiger partial charge in [0.1, 0.15) is 0 Å². The number of hydrogen-bond donors (Lipinski definition) is 0. The van der Waals surface area contributed by atoms with Gasteiger partial charge in [0.15, 0.2) is 0 Å². The Bertz CT molecular complexity index is 1100. The second-order valence-electron chi connectivity index (χ2n) is 12.5. The third-order valence-corrected chi connectivity index (χ3v) is 17.1. The number of benzene rings is 3. The van der Waals surface area contributed by atoms with Crippen molar-refractivity contribution in [2.45, 2.75) is 116 Å². The van der Waals surface area contributed by atoms with Crippen molar-refractivity contribution < 1.29 is 0 Å². The van der Waals surface area contributed by atoms with E-state index in [1.165, 1.54) is 116 Å². The maximum absolute atomic E-state index is 3.22. The van der Waals surface area contributed by atoms with Gasteiger partial charge >= 0.3 is 252 Å². The minimum absolute atomic E-state index is 1.20. The Labute approximate surface area is 251 Å². The molecule has 0 aliphatic heterocycles. The fourth-order valence-electron chi connectivity index (χ4n) is 8.03. The molecule has 0 amide bonds. The van der Waals surface area contributed by atoms with Crippen molar-refractivity contribution >= 4 is 22.5 Å². The van der Waals surface area contributed by atoms with Crippen LogP contribution in [0.2, 0.25) is 0 Å². The van der Waals surface area contributed by atoms with Crippen LogP contribution in [0, 0.1) is 0 Å². The molecule has 0 spiro atoms. The Hall–Kier alpha value is -2.43. The minimum atomic E-state index is -3.22. The van der Waals surface area contributed by atoms with Crippen LogP contribution in [-0.4, -0.2) is 0 Å². The van der Waals surface area contributed by atoms with Gasteiger partial charge in [0, 0.05) is 0 Å². The maximum atomic E-state index is 2.78. The van der Waals surface area contributed by atoms with E-state index < -0.39 is 6.60 Å². The normalized spacial score (nSPS) is 19.8. The zero-order chi connectivity index (χ0) is 28.1. The molecular formula is C40H53P. The summed E-state index contributed by atoms with van der Waals surface area (Å²) in [6, 6.07) is 35.7. The topological polar surface area (TPSA) is 0 Å². The van der Waals surface area contributed by atoms with Crippen LogP contribution in [0.1, 0.15) is 116 Å². The zero-order valence-corrected chi connectivity index (χ0v) is 26.4. The molecule has 0 nitrogen and oxygen atoms in total. The standard InChI is InChI=1S/C40H53P/c1-2-6-10-17-27-36(26-16-9-5-1)41(38-30-20-13-21-31-38,39-32-22-14-23-33-39,40-34-24-15-25-35-40)37-28-18-11-7-3-4-8-12-19-29-37/h13-15,20-26,28,30-35H,1-12,16-19,27,29H2. The van der Waals surface area contributed by atoms with Gasteiger partial charge in [-0.1, -0.05) is 0 Å². The van der Waals surface area contributed by atoms with Crippen LogP contribution >= 0.6 is 6.60 Å². The van der Waals surface area contributed by atoms with Crippen LogP contribution in [0.3, 0.4) is 0 Å². The van der Waals surface area contributed by atoms with Gasteiger partial charge in [-0.05, 0) is 0 Å². The second kappa shape index (κ2) is 15.2. The SMILES string of the molecule is C1=C(P(C2=CCCCCCCCCC2)(c2ccccc2)(c2ccccc2)c2ccccc2)CCCCCCCCC1. The molecule has 3 aromatic carbocycles. The Morgan fingerprint density at radius 3 is 0.951 bits per heavy atom. The summed E-state index contributed by atoms with van der Waals surface area (Å²) < 4.78 is 0.